The molecule has 13 heavy (non-hydrogen) atoms. The molecule has 2 N–H and O–H groups in total. The first kappa shape index (κ1) is 8.59. The molecule has 0 spiro atoms. The fraction of sp³-hybridized carbons (Fsp3) is 0.111. The third-order valence-corrected chi connectivity index (χ3v) is 2.47. The highest BCUT2D eigenvalue weighted by Gasteiger charge is 2.12. The maximum atomic E-state index is 5.19. The van der Waals surface area contributed by atoms with Crippen molar-refractivity contribution in [2.24, 2.45) is 0 Å². The molecule has 0 unspecified atom stereocenters. The Hall–Kier alpha value is -1.00. The van der Waals surface area contributed by atoms with Crippen LogP contribution in [0.5, 0.6) is 0 Å². The van der Waals surface area contributed by atoms with Crippen molar-refractivity contribution in [3.63, 3.8) is 0 Å². The Morgan fingerprint density at radius 3 is 2.77 bits per heavy atom. The number of para-hydroxylation sites is 1. The molecule has 2 nitrogen and oxygen atoms in total. The largest absolute Gasteiger partial charge is 0.369 e. The van der Waals surface area contributed by atoms with Gasteiger partial charge < -0.3 is 10.6 Å². The van der Waals surface area contributed by atoms with Gasteiger partial charge in [-0.3, -0.25) is 0 Å². The first-order valence-corrected chi connectivity index (χ1v) is 4.76. The highest BCUT2D eigenvalue weighted by atomic mass is 32.1. The third-order valence-electron chi connectivity index (χ3n) is 1.86. The maximum Gasteiger partial charge on any atom is 0.109 e. The molecule has 0 saturated heterocycles. The lowest BCUT2D eigenvalue weighted by Gasteiger charge is -2.05. The molecule has 0 aromatic heterocycles. The van der Waals surface area contributed by atoms with Crippen LogP contribution in [0.4, 0.5) is 5.69 Å². The Labute approximate surface area is 87.3 Å². The molecule has 1 aliphatic heterocycles. The zero-order valence-electron chi connectivity index (χ0n) is 6.83. The molecular formula is C9H8N2S2. The van der Waals surface area contributed by atoms with Gasteiger partial charge in [0, 0.05) is 11.3 Å². The van der Waals surface area contributed by atoms with Gasteiger partial charge in [0.05, 0.1) is 11.5 Å². The molecule has 2 rings (SSSR count). The van der Waals surface area contributed by atoms with E-state index in [-0.39, 0.29) is 0 Å². The number of fused-ring (bicyclic) bond motifs is 1. The Balaban J connectivity index is 2.49. The zero-order valence-corrected chi connectivity index (χ0v) is 8.47. The van der Waals surface area contributed by atoms with Crippen molar-refractivity contribution < 1.29 is 0 Å². The van der Waals surface area contributed by atoms with E-state index in [1.54, 1.807) is 0 Å². The highest BCUT2D eigenvalue weighted by molar-refractivity contribution is 7.81. The van der Waals surface area contributed by atoms with Crippen LogP contribution in [0.2, 0.25) is 0 Å². The molecule has 0 radical (unpaired) electrons. The lowest BCUT2D eigenvalue weighted by atomic mass is 10.2. The molecule has 0 aliphatic carbocycles. The molecule has 0 atom stereocenters. The molecule has 1 aromatic carbocycles. The van der Waals surface area contributed by atoms with Crippen LogP contribution in [0.15, 0.2) is 24.3 Å². The normalized spacial score (nSPS) is 15.4. The zero-order chi connectivity index (χ0) is 9.26. The number of nitrogens with one attached hydrogen (secondary N) is 2. The summed E-state index contributed by atoms with van der Waals surface area (Å²) in [6, 6.07) is 7.87. The Morgan fingerprint density at radius 2 is 1.92 bits per heavy atom. The summed E-state index contributed by atoms with van der Waals surface area (Å²) in [4.78, 5) is 1.52. The predicted octanol–water partition coefficient (Wildman–Crippen LogP) is 1.70. The highest BCUT2D eigenvalue weighted by Crippen LogP contribution is 2.17. The van der Waals surface area contributed by atoms with E-state index < -0.39 is 0 Å². The van der Waals surface area contributed by atoms with Gasteiger partial charge in [-0.05, 0) is 12.1 Å². The number of hydrogen-bond donors (Lipinski definition) is 2. The van der Waals surface area contributed by atoms with E-state index in [0.717, 1.165) is 21.2 Å². The van der Waals surface area contributed by atoms with Crippen LogP contribution in [-0.2, 0) is 0 Å². The quantitative estimate of drug-likeness (QED) is 0.634. The molecule has 4 heteroatoms. The standard InChI is InChI=1S/C9H8N2S2/c12-8-5-10-9(13)6-3-1-2-4-7(6)11-8/h1-4H,5H2,(H,10,13)(H,11,12). The smallest absolute Gasteiger partial charge is 0.109 e. The molecule has 66 valence electrons. The van der Waals surface area contributed by atoms with Crippen LogP contribution in [0.1, 0.15) is 5.56 Å². The Morgan fingerprint density at radius 1 is 1.15 bits per heavy atom. The Kier molecular flexibility index (Phi) is 2.24. The SMILES string of the molecule is S=C1CNC(=S)c2ccccc2N1. The molecule has 0 saturated carbocycles. The van der Waals surface area contributed by atoms with Gasteiger partial charge in [-0.2, -0.15) is 0 Å². The van der Waals surface area contributed by atoms with Gasteiger partial charge in [-0.1, -0.05) is 36.6 Å². The summed E-state index contributed by atoms with van der Waals surface area (Å²) < 4.78 is 0. The third kappa shape index (κ3) is 1.68. The molecular weight excluding hydrogens is 200 g/mol. The number of rotatable bonds is 0. The van der Waals surface area contributed by atoms with Crippen LogP contribution < -0.4 is 10.6 Å². The van der Waals surface area contributed by atoms with Crippen LogP contribution in [-0.4, -0.2) is 16.5 Å². The van der Waals surface area contributed by atoms with Crippen molar-refractivity contribution in [3.8, 4) is 0 Å². The molecule has 0 amide bonds. The van der Waals surface area contributed by atoms with Gasteiger partial charge >= 0.3 is 0 Å². The van der Waals surface area contributed by atoms with E-state index in [9.17, 15) is 0 Å². The average molecular weight is 208 g/mol. The van der Waals surface area contributed by atoms with Gasteiger partial charge in [0.25, 0.3) is 0 Å². The van der Waals surface area contributed by atoms with E-state index in [1.165, 1.54) is 0 Å². The fourth-order valence-corrected chi connectivity index (χ4v) is 1.67. The van der Waals surface area contributed by atoms with E-state index in [2.05, 4.69) is 10.6 Å². The maximum absolute atomic E-state index is 5.19. The number of hydrogen-bond acceptors (Lipinski definition) is 2. The van der Waals surface area contributed by atoms with Crippen molar-refractivity contribution in [1.82, 2.24) is 5.32 Å². The van der Waals surface area contributed by atoms with Crippen LogP contribution in [0.3, 0.4) is 0 Å². The summed E-state index contributed by atoms with van der Waals surface area (Å²) in [5, 5.41) is 6.21. The number of benzene rings is 1. The van der Waals surface area contributed by atoms with E-state index in [1.807, 2.05) is 24.3 Å². The molecule has 0 fully saturated rings. The van der Waals surface area contributed by atoms with Crippen LogP contribution in [0.25, 0.3) is 0 Å². The molecule has 0 bridgehead atoms. The summed E-state index contributed by atoms with van der Waals surface area (Å²) in [6.45, 7) is 0.614. The van der Waals surface area contributed by atoms with Crippen molar-refractivity contribution in [3.05, 3.63) is 29.8 Å². The number of anilines is 1. The lowest BCUT2D eigenvalue weighted by Crippen LogP contribution is -2.26. The van der Waals surface area contributed by atoms with E-state index in [4.69, 9.17) is 24.4 Å². The lowest BCUT2D eigenvalue weighted by molar-refractivity contribution is 1.12. The monoisotopic (exact) mass is 208 g/mol. The summed E-state index contributed by atoms with van der Waals surface area (Å²) in [5.74, 6) is 0. The van der Waals surface area contributed by atoms with Crippen molar-refractivity contribution in [2.45, 2.75) is 0 Å². The summed E-state index contributed by atoms with van der Waals surface area (Å²) >= 11 is 10.3. The first-order chi connectivity index (χ1) is 6.27. The van der Waals surface area contributed by atoms with Gasteiger partial charge in [-0.25, -0.2) is 0 Å². The fourth-order valence-electron chi connectivity index (χ4n) is 1.24. The van der Waals surface area contributed by atoms with Crippen molar-refractivity contribution in [1.29, 1.82) is 0 Å². The molecule has 1 heterocycles. The summed E-state index contributed by atoms with van der Waals surface area (Å²) in [6.07, 6.45) is 0. The van der Waals surface area contributed by atoms with E-state index >= 15 is 0 Å². The minimum absolute atomic E-state index is 0.614. The van der Waals surface area contributed by atoms with Gasteiger partial charge in [0.1, 0.15) is 4.99 Å². The molecule has 1 aromatic rings. The van der Waals surface area contributed by atoms with Crippen molar-refractivity contribution >= 4 is 40.1 Å². The predicted molar refractivity (Wildman–Crippen MR) is 62.4 cm³/mol. The average Bonchev–Trinajstić information content (AvgIpc) is 2.27. The number of thiocarbonyl (C=S) groups is 2. The van der Waals surface area contributed by atoms with E-state index in [0.29, 0.717) is 6.54 Å². The summed E-state index contributed by atoms with van der Waals surface area (Å²) in [7, 11) is 0. The Bertz CT molecular complexity index is 374. The van der Waals surface area contributed by atoms with Crippen molar-refractivity contribution in [2.75, 3.05) is 11.9 Å². The topological polar surface area (TPSA) is 24.1 Å². The van der Waals surface area contributed by atoms with Crippen LogP contribution >= 0.6 is 24.4 Å². The van der Waals surface area contributed by atoms with Gasteiger partial charge in [0.15, 0.2) is 0 Å². The second-order valence-corrected chi connectivity index (χ2v) is 3.68. The first-order valence-electron chi connectivity index (χ1n) is 3.94. The second kappa shape index (κ2) is 3.40. The van der Waals surface area contributed by atoms with Gasteiger partial charge in [-0.15, -0.1) is 0 Å². The molecule has 1 aliphatic rings. The minimum Gasteiger partial charge on any atom is -0.369 e. The van der Waals surface area contributed by atoms with Crippen LogP contribution in [0, 0.1) is 0 Å². The van der Waals surface area contributed by atoms with Gasteiger partial charge in [0.2, 0.25) is 0 Å². The minimum atomic E-state index is 0.614. The summed E-state index contributed by atoms with van der Waals surface area (Å²) in [5.41, 5.74) is 2.00. The second-order valence-electron chi connectivity index (χ2n) is 2.78.